The molecule has 0 saturated heterocycles. The SMILES string of the molecule is [CH-]=C([CH2-])C(C)(C)C.[CH-]=C([CH2-])C(C)(C)C.[ClH+][Pd][ClH+].[Pd+2]. The van der Waals surface area contributed by atoms with Gasteiger partial charge < -0.3 is 38.2 Å². The van der Waals surface area contributed by atoms with Crippen LogP contribution >= 0.6 is 0 Å². The molecule has 0 rings (SSSR count). The fourth-order valence-corrected chi connectivity index (χ4v) is 0. The molecule has 0 radical (unpaired) electrons. The monoisotopic (exact) mass is 476 g/mol. The summed E-state index contributed by atoms with van der Waals surface area (Å²) in [5.74, 6) is 0. The molecule has 0 unspecified atom stereocenters. The van der Waals surface area contributed by atoms with Crippen LogP contribution in [0.2, 0.25) is 0 Å². The molecule has 0 aliphatic rings. The molecule has 0 spiro atoms. The first kappa shape index (κ1) is 27.5. The van der Waals surface area contributed by atoms with E-state index in [2.05, 4.69) is 32.9 Å². The normalized spacial score (nSPS) is 10.0. The molecule has 0 amide bonds. The van der Waals surface area contributed by atoms with Gasteiger partial charge in [-0.2, -0.15) is 0 Å². The van der Waals surface area contributed by atoms with Crippen LogP contribution in [0.25, 0.3) is 0 Å². The maximum Gasteiger partial charge on any atom is 2.00 e. The van der Waals surface area contributed by atoms with E-state index in [1.165, 1.54) is 0 Å². The van der Waals surface area contributed by atoms with E-state index in [0.717, 1.165) is 11.1 Å². The topological polar surface area (TPSA) is 0 Å². The van der Waals surface area contributed by atoms with Gasteiger partial charge in [-0.15, -0.1) is 0 Å². The molecule has 0 atom stereocenters. The standard InChI is InChI=1S/2C7H12.2ClH.2Pd/c2*1-6(2)7(3,4)5;;;;/h2*1H,2H2,3-5H3;2*1H;;/q2*-2;;;2*+2. The minimum Gasteiger partial charge on any atom is 2.00 e. The number of allylic oxidation sites excluding steroid dienone is 2. The molecular weight excluding hydrogens is 452 g/mol. The zero-order chi connectivity index (χ0) is 14.9. The minimum absolute atomic E-state index is 0. The van der Waals surface area contributed by atoms with Gasteiger partial charge in [0.2, 0.25) is 0 Å². The van der Waals surface area contributed by atoms with Crippen LogP contribution in [-0.2, 0) is 36.4 Å². The molecule has 0 aliphatic carbocycles. The van der Waals surface area contributed by atoms with Crippen molar-refractivity contribution in [2.24, 2.45) is 10.8 Å². The Balaban J connectivity index is -0.0000000857. The van der Waals surface area contributed by atoms with E-state index in [4.69, 9.17) is 13.2 Å². The predicted molar refractivity (Wildman–Crippen MR) is 68.0 cm³/mol. The first-order chi connectivity index (χ1) is 7.30. The van der Waals surface area contributed by atoms with Gasteiger partial charge in [-0.3, -0.25) is 0 Å². The fraction of sp³-hybridized carbons (Fsp3) is 0.571. The maximum absolute atomic E-state index is 5.38. The average molecular weight is 478 g/mol. The summed E-state index contributed by atoms with van der Waals surface area (Å²) in [6, 6.07) is 0. The van der Waals surface area contributed by atoms with Crippen LogP contribution in [0.5, 0.6) is 0 Å². The van der Waals surface area contributed by atoms with Gasteiger partial charge in [-0.1, -0.05) is 52.4 Å². The van der Waals surface area contributed by atoms with Crippen LogP contribution in [0.1, 0.15) is 41.5 Å². The second-order valence-corrected chi connectivity index (χ2v) is 8.36. The van der Waals surface area contributed by atoms with E-state index < -0.39 is 0 Å². The molecule has 0 aromatic rings. The molecule has 0 nitrogen and oxygen atoms in total. The Morgan fingerprint density at radius 2 is 0.889 bits per heavy atom. The molecule has 0 bridgehead atoms. The van der Waals surface area contributed by atoms with E-state index in [-0.39, 0.29) is 47.2 Å². The van der Waals surface area contributed by atoms with Crippen LogP contribution in [0.3, 0.4) is 0 Å². The number of hydrogen-bond acceptors (Lipinski definition) is 0. The largest absolute Gasteiger partial charge is 2.00 e. The summed E-state index contributed by atoms with van der Waals surface area (Å²) in [7, 11) is 8.52. The molecule has 0 aromatic heterocycles. The van der Waals surface area contributed by atoms with Crippen molar-refractivity contribution in [3.05, 3.63) is 38.2 Å². The summed E-state index contributed by atoms with van der Waals surface area (Å²) in [6.45, 7) is 30.2. The van der Waals surface area contributed by atoms with E-state index in [0.29, 0.717) is 0 Å². The van der Waals surface area contributed by atoms with Gasteiger partial charge >= 0.3 is 55.4 Å². The number of hydrogen-bond donors (Lipinski definition) is 0. The molecule has 0 aromatic carbocycles. The van der Waals surface area contributed by atoms with Crippen LogP contribution in [0.15, 0.2) is 11.1 Å². The zero-order valence-corrected chi connectivity index (χ0v) is 16.8. The van der Waals surface area contributed by atoms with Crippen LogP contribution < -0.4 is 0 Å². The Morgan fingerprint density at radius 1 is 0.833 bits per heavy atom. The van der Waals surface area contributed by atoms with Crippen molar-refractivity contribution < 1.29 is 55.4 Å². The van der Waals surface area contributed by atoms with Gasteiger partial charge in [0.15, 0.2) is 0 Å². The molecule has 116 valence electrons. The van der Waals surface area contributed by atoms with Crippen LogP contribution in [0, 0.1) is 56.9 Å². The van der Waals surface area contributed by atoms with Crippen molar-refractivity contribution in [3.8, 4) is 0 Å². The molecule has 0 heterocycles. The van der Waals surface area contributed by atoms with Crippen molar-refractivity contribution >= 4 is 0 Å². The summed E-state index contributed by atoms with van der Waals surface area (Å²) in [5, 5.41) is 0. The van der Waals surface area contributed by atoms with Gasteiger partial charge in [0.05, 0.1) is 0 Å². The van der Waals surface area contributed by atoms with Crippen molar-refractivity contribution in [1.29, 1.82) is 0 Å². The van der Waals surface area contributed by atoms with Crippen molar-refractivity contribution in [3.63, 3.8) is 0 Å². The first-order valence-corrected chi connectivity index (χ1v) is 9.37. The van der Waals surface area contributed by atoms with E-state index in [1.54, 1.807) is 0 Å². The number of rotatable bonds is 0. The van der Waals surface area contributed by atoms with Gasteiger partial charge in [-0.25, -0.2) is 0 Å². The van der Waals surface area contributed by atoms with Crippen LogP contribution in [0.4, 0.5) is 0 Å². The Labute approximate surface area is 145 Å². The van der Waals surface area contributed by atoms with Crippen LogP contribution in [-0.4, -0.2) is 0 Å². The number of halogens is 2. The Kier molecular flexibility index (Phi) is 20.0. The third-order valence-electron chi connectivity index (χ3n) is 1.93. The molecule has 0 fully saturated rings. The quantitative estimate of drug-likeness (QED) is 0.366. The van der Waals surface area contributed by atoms with Crippen molar-refractivity contribution in [1.82, 2.24) is 0 Å². The Morgan fingerprint density at radius 3 is 0.889 bits per heavy atom. The third-order valence-corrected chi connectivity index (χ3v) is 1.93. The first-order valence-electron chi connectivity index (χ1n) is 5.04. The van der Waals surface area contributed by atoms with Gasteiger partial charge in [0.25, 0.3) is 0 Å². The maximum atomic E-state index is 5.38. The smallest absolute Gasteiger partial charge is 2.00 e. The second kappa shape index (κ2) is 13.1. The van der Waals surface area contributed by atoms with Crippen molar-refractivity contribution in [2.45, 2.75) is 41.5 Å². The summed E-state index contributed by atoms with van der Waals surface area (Å²) >= 11 is 0.117. The zero-order valence-electron chi connectivity index (χ0n) is 12.0. The molecule has 0 aliphatic heterocycles. The fourth-order valence-electron chi connectivity index (χ4n) is 0. The second-order valence-electron chi connectivity index (χ2n) is 5.60. The molecule has 18 heavy (non-hydrogen) atoms. The summed E-state index contributed by atoms with van der Waals surface area (Å²) < 4.78 is 0. The van der Waals surface area contributed by atoms with E-state index in [9.17, 15) is 0 Å². The summed E-state index contributed by atoms with van der Waals surface area (Å²) in [5.41, 5.74) is 1.65. The minimum atomic E-state index is 0. The van der Waals surface area contributed by atoms with E-state index in [1.807, 2.05) is 41.5 Å². The Hall–Kier alpha value is 1.12. The molecule has 4 heteroatoms. The molecular formula is C14H26Cl2Pd2. The van der Waals surface area contributed by atoms with Gasteiger partial charge in [-0.05, 0) is 0 Å². The van der Waals surface area contributed by atoms with E-state index >= 15 is 0 Å². The average Bonchev–Trinajstić information content (AvgIpc) is 2.02. The molecule has 0 N–H and O–H groups in total. The van der Waals surface area contributed by atoms with Gasteiger partial charge in [0.1, 0.15) is 0 Å². The molecule has 0 saturated carbocycles. The third kappa shape index (κ3) is 25.8. The Bertz CT molecular complexity index is 199. The summed E-state index contributed by atoms with van der Waals surface area (Å²) in [4.78, 5) is 0. The predicted octanol–water partition coefficient (Wildman–Crippen LogP) is 3.91. The summed E-state index contributed by atoms with van der Waals surface area (Å²) in [6.07, 6.45) is 0. The van der Waals surface area contributed by atoms with Gasteiger partial charge in [0, 0.05) is 0 Å². The van der Waals surface area contributed by atoms with Crippen molar-refractivity contribution in [2.75, 3.05) is 0 Å².